The zero-order valence-electron chi connectivity index (χ0n) is 20.2. The van der Waals surface area contributed by atoms with Crippen LogP contribution in [0.25, 0.3) is 0 Å². The minimum atomic E-state index is -0.622. The van der Waals surface area contributed by atoms with Crippen molar-refractivity contribution in [3.8, 4) is 5.75 Å². The van der Waals surface area contributed by atoms with Gasteiger partial charge in [0.15, 0.2) is 6.10 Å². The summed E-state index contributed by atoms with van der Waals surface area (Å²) in [5, 5.41) is 2.71. The summed E-state index contributed by atoms with van der Waals surface area (Å²) in [6.45, 7) is 13.8. The van der Waals surface area contributed by atoms with Gasteiger partial charge in [-0.25, -0.2) is 14.6 Å². The number of benzene rings is 1. The molecule has 32 heavy (non-hydrogen) atoms. The van der Waals surface area contributed by atoms with Crippen molar-refractivity contribution in [2.24, 2.45) is 10.7 Å². The first-order chi connectivity index (χ1) is 14.7. The number of nitrogens with one attached hydrogen (secondary N) is 1. The van der Waals surface area contributed by atoms with Crippen molar-refractivity contribution in [1.82, 2.24) is 10.2 Å². The minimum Gasteiger partial charge on any atom is -0.481 e. The summed E-state index contributed by atoms with van der Waals surface area (Å²) in [7, 11) is 0. The molecule has 1 atom stereocenters. The van der Waals surface area contributed by atoms with E-state index in [0.29, 0.717) is 43.3 Å². The van der Waals surface area contributed by atoms with Crippen LogP contribution in [0.1, 0.15) is 60.5 Å². The quantitative estimate of drug-likeness (QED) is 0.633. The molecule has 9 nitrogen and oxygen atoms in total. The van der Waals surface area contributed by atoms with E-state index >= 15 is 0 Å². The van der Waals surface area contributed by atoms with E-state index < -0.39 is 23.4 Å². The number of nitrogens with zero attached hydrogens (tertiary/aromatic N) is 2. The lowest BCUT2D eigenvalue weighted by Crippen LogP contribution is -2.39. The van der Waals surface area contributed by atoms with Crippen molar-refractivity contribution in [2.45, 2.75) is 78.7 Å². The zero-order chi connectivity index (χ0) is 24.1. The van der Waals surface area contributed by atoms with Gasteiger partial charge < -0.3 is 30.2 Å². The maximum Gasteiger partial charge on any atom is 0.410 e. The predicted octanol–water partition coefficient (Wildman–Crippen LogP) is 4.11. The summed E-state index contributed by atoms with van der Waals surface area (Å²) in [6, 6.07) is 5.57. The van der Waals surface area contributed by atoms with Crippen LogP contribution in [-0.2, 0) is 16.0 Å². The number of hydrogen-bond acceptors (Lipinski definition) is 7. The van der Waals surface area contributed by atoms with Crippen molar-refractivity contribution in [3.63, 3.8) is 0 Å². The summed E-state index contributed by atoms with van der Waals surface area (Å²) in [6.07, 6.45) is -0.653. The van der Waals surface area contributed by atoms with Crippen LogP contribution >= 0.6 is 0 Å². The number of aliphatic imine (C=N–C) groups is 1. The Morgan fingerprint density at radius 2 is 1.81 bits per heavy atom. The highest BCUT2D eigenvalue weighted by atomic mass is 16.6. The SMILES string of the molecule is CC1Oc2ccc(CN(CCCNC(=O)OC(C)(C)C)C(=O)OC(C)(C)C)cc2N=C1N. The van der Waals surface area contributed by atoms with Crippen molar-refractivity contribution in [3.05, 3.63) is 23.8 Å². The van der Waals surface area contributed by atoms with Gasteiger partial charge in [-0.3, -0.25) is 0 Å². The molecule has 1 aromatic carbocycles. The Labute approximate surface area is 190 Å². The number of rotatable bonds is 6. The third-order valence-electron chi connectivity index (χ3n) is 4.29. The first kappa shape index (κ1) is 25.3. The average molecular weight is 449 g/mol. The molecule has 0 saturated heterocycles. The molecule has 0 saturated carbocycles. The summed E-state index contributed by atoms with van der Waals surface area (Å²) in [5.41, 5.74) is 6.21. The van der Waals surface area contributed by atoms with Crippen molar-refractivity contribution in [1.29, 1.82) is 0 Å². The van der Waals surface area contributed by atoms with Crippen LogP contribution in [0, 0.1) is 0 Å². The maximum atomic E-state index is 12.8. The lowest BCUT2D eigenvalue weighted by molar-refractivity contribution is 0.0231. The third-order valence-corrected chi connectivity index (χ3v) is 4.29. The Morgan fingerprint density at radius 3 is 2.44 bits per heavy atom. The standard InChI is InChI=1S/C23H36N4O5/c1-15-19(24)26-17-13-16(9-10-18(17)30-15)14-27(21(29)32-23(5,6)7)12-8-11-25-20(28)31-22(2,3)4/h9-10,13,15H,8,11-12,14H2,1-7H3,(H2,24,26)(H,25,28). The summed E-state index contributed by atoms with van der Waals surface area (Å²) < 4.78 is 16.5. The molecule has 0 radical (unpaired) electrons. The van der Waals surface area contributed by atoms with Gasteiger partial charge in [-0.15, -0.1) is 0 Å². The highest BCUT2D eigenvalue weighted by molar-refractivity contribution is 5.89. The summed E-state index contributed by atoms with van der Waals surface area (Å²) >= 11 is 0. The van der Waals surface area contributed by atoms with Crippen LogP contribution in [0.3, 0.4) is 0 Å². The Kier molecular flexibility index (Phi) is 7.98. The highest BCUT2D eigenvalue weighted by Crippen LogP contribution is 2.33. The third kappa shape index (κ3) is 8.28. The first-order valence-electron chi connectivity index (χ1n) is 10.8. The van der Waals surface area contributed by atoms with Crippen LogP contribution in [0.5, 0.6) is 5.75 Å². The monoisotopic (exact) mass is 448 g/mol. The number of ether oxygens (including phenoxy) is 3. The van der Waals surface area contributed by atoms with Gasteiger partial charge in [0.05, 0.1) is 0 Å². The second-order valence-corrected chi connectivity index (χ2v) is 9.78. The summed E-state index contributed by atoms with van der Waals surface area (Å²) in [4.78, 5) is 30.6. The fourth-order valence-corrected chi connectivity index (χ4v) is 2.89. The van der Waals surface area contributed by atoms with Crippen LogP contribution in [0.4, 0.5) is 15.3 Å². The van der Waals surface area contributed by atoms with Crippen LogP contribution in [0.15, 0.2) is 23.2 Å². The fourth-order valence-electron chi connectivity index (χ4n) is 2.89. The molecule has 0 aromatic heterocycles. The van der Waals surface area contributed by atoms with E-state index in [4.69, 9.17) is 19.9 Å². The number of amidine groups is 1. The van der Waals surface area contributed by atoms with Gasteiger partial charge >= 0.3 is 12.2 Å². The predicted molar refractivity (Wildman–Crippen MR) is 123 cm³/mol. The van der Waals surface area contributed by atoms with Crippen LogP contribution < -0.4 is 15.8 Å². The van der Waals surface area contributed by atoms with Crippen LogP contribution in [-0.4, -0.2) is 53.3 Å². The highest BCUT2D eigenvalue weighted by Gasteiger charge is 2.24. The molecule has 0 spiro atoms. The Bertz CT molecular complexity index is 855. The molecule has 1 heterocycles. The van der Waals surface area contributed by atoms with Crippen molar-refractivity contribution < 1.29 is 23.8 Å². The fraction of sp³-hybridized carbons (Fsp3) is 0.609. The average Bonchev–Trinajstić information content (AvgIpc) is 2.62. The molecule has 3 N–H and O–H groups in total. The first-order valence-corrected chi connectivity index (χ1v) is 10.8. The topological polar surface area (TPSA) is 115 Å². The van der Waals surface area contributed by atoms with Gasteiger partial charge in [-0.05, 0) is 72.6 Å². The number of nitrogens with two attached hydrogens (primary N) is 1. The molecule has 1 unspecified atom stereocenters. The van der Waals surface area contributed by atoms with Crippen LogP contribution in [0.2, 0.25) is 0 Å². The number of fused-ring (bicyclic) bond motifs is 1. The van der Waals surface area contributed by atoms with E-state index in [0.717, 1.165) is 5.56 Å². The smallest absolute Gasteiger partial charge is 0.410 e. The second-order valence-electron chi connectivity index (χ2n) is 9.78. The Hall–Kier alpha value is -2.97. The van der Waals surface area contributed by atoms with Gasteiger partial charge in [-0.1, -0.05) is 6.07 Å². The Balaban J connectivity index is 2.04. The van der Waals surface area contributed by atoms with Gasteiger partial charge in [-0.2, -0.15) is 0 Å². The molecule has 2 rings (SSSR count). The summed E-state index contributed by atoms with van der Waals surface area (Å²) in [5.74, 6) is 1.06. The molecule has 1 aliphatic heterocycles. The van der Waals surface area contributed by atoms with Gasteiger partial charge in [0.25, 0.3) is 0 Å². The second kappa shape index (κ2) is 10.1. The van der Waals surface area contributed by atoms with Crippen molar-refractivity contribution >= 4 is 23.7 Å². The molecule has 178 valence electrons. The normalized spacial score (nSPS) is 15.7. The van der Waals surface area contributed by atoms with Gasteiger partial charge in [0, 0.05) is 19.6 Å². The molecule has 9 heteroatoms. The van der Waals surface area contributed by atoms with Crippen molar-refractivity contribution in [2.75, 3.05) is 13.1 Å². The molecule has 1 aromatic rings. The van der Waals surface area contributed by atoms with E-state index in [1.807, 2.05) is 45.9 Å². The zero-order valence-corrected chi connectivity index (χ0v) is 20.2. The lowest BCUT2D eigenvalue weighted by atomic mass is 10.1. The largest absolute Gasteiger partial charge is 0.481 e. The number of hydrogen-bond donors (Lipinski definition) is 2. The Morgan fingerprint density at radius 1 is 1.16 bits per heavy atom. The molecule has 0 aliphatic carbocycles. The molecule has 1 aliphatic rings. The van der Waals surface area contributed by atoms with E-state index in [1.54, 1.807) is 25.7 Å². The van der Waals surface area contributed by atoms with E-state index in [1.165, 1.54) is 0 Å². The van der Waals surface area contributed by atoms with E-state index in [9.17, 15) is 9.59 Å². The van der Waals surface area contributed by atoms with E-state index in [-0.39, 0.29) is 6.10 Å². The van der Waals surface area contributed by atoms with Gasteiger partial charge in [0.1, 0.15) is 28.5 Å². The number of alkyl carbamates (subject to hydrolysis) is 1. The molecular formula is C23H36N4O5. The lowest BCUT2D eigenvalue weighted by Gasteiger charge is -2.28. The minimum absolute atomic E-state index is 0.274. The number of amides is 2. The van der Waals surface area contributed by atoms with E-state index in [2.05, 4.69) is 10.3 Å². The van der Waals surface area contributed by atoms with Gasteiger partial charge in [0.2, 0.25) is 0 Å². The molecular weight excluding hydrogens is 412 g/mol. The maximum absolute atomic E-state index is 12.8. The number of carbonyl (C=O) groups is 2. The molecule has 2 amide bonds. The number of carbonyl (C=O) groups excluding carboxylic acids is 2. The molecule has 0 bridgehead atoms. The molecule has 0 fully saturated rings.